The van der Waals surface area contributed by atoms with Crippen molar-refractivity contribution >= 4 is 22.8 Å². The van der Waals surface area contributed by atoms with Crippen LogP contribution in [0.2, 0.25) is 0 Å². The minimum absolute atomic E-state index is 0.173. The van der Waals surface area contributed by atoms with Gasteiger partial charge in [-0.15, -0.1) is 0 Å². The minimum atomic E-state index is -0.611. The highest BCUT2D eigenvalue weighted by Crippen LogP contribution is 2.29. The van der Waals surface area contributed by atoms with Crippen LogP contribution in [0.25, 0.3) is 11.0 Å². The van der Waals surface area contributed by atoms with Gasteiger partial charge in [-0.05, 0) is 31.9 Å². The molecule has 2 aliphatic rings. The number of benzene rings is 1. The number of furan rings is 1. The van der Waals surface area contributed by atoms with Gasteiger partial charge in [0.05, 0.1) is 25.4 Å². The Morgan fingerprint density at radius 3 is 2.83 bits per heavy atom. The van der Waals surface area contributed by atoms with Gasteiger partial charge in [0.1, 0.15) is 5.58 Å². The number of amides is 2. The number of hydrogen-bond acceptors (Lipinski definition) is 5. The third-order valence-electron chi connectivity index (χ3n) is 5.65. The number of rotatable bonds is 2. The van der Waals surface area contributed by atoms with E-state index in [1.165, 1.54) is 5.06 Å². The molecule has 0 bridgehead atoms. The molecule has 2 aromatic heterocycles. The molecule has 8 heteroatoms. The zero-order valence-corrected chi connectivity index (χ0v) is 16.2. The van der Waals surface area contributed by atoms with Gasteiger partial charge in [-0.25, -0.2) is 5.06 Å². The third kappa shape index (κ3) is 3.00. The van der Waals surface area contributed by atoms with Gasteiger partial charge in [0.25, 0.3) is 11.8 Å². The maximum atomic E-state index is 13.3. The molecule has 0 radical (unpaired) electrons. The number of hydroxylamine groups is 2. The summed E-state index contributed by atoms with van der Waals surface area (Å²) in [6.07, 6.45) is 3.51. The summed E-state index contributed by atoms with van der Waals surface area (Å²) in [5.41, 5.74) is 2.31. The molecule has 1 atom stereocenters. The Hall–Kier alpha value is -3.13. The smallest absolute Gasteiger partial charge is 0.290 e. The normalized spacial score (nSPS) is 19.4. The van der Waals surface area contributed by atoms with Crippen LogP contribution in [0, 0.1) is 6.92 Å². The number of aromatic nitrogens is 2. The Morgan fingerprint density at radius 2 is 2.03 bits per heavy atom. The molecule has 0 spiro atoms. The maximum Gasteiger partial charge on any atom is 0.290 e. The van der Waals surface area contributed by atoms with E-state index in [2.05, 4.69) is 5.10 Å². The van der Waals surface area contributed by atoms with Crippen molar-refractivity contribution < 1.29 is 18.8 Å². The number of fused-ring (bicyclic) bond motifs is 2. The summed E-state index contributed by atoms with van der Waals surface area (Å²) < 4.78 is 7.57. The van der Waals surface area contributed by atoms with Gasteiger partial charge in [-0.2, -0.15) is 5.10 Å². The molecule has 0 N–H and O–H groups in total. The average Bonchev–Trinajstić information content (AvgIpc) is 3.37. The molecular weight excluding hydrogens is 372 g/mol. The molecule has 4 heterocycles. The number of carbonyl (C=O) groups excluding carboxylic acids is 2. The topological polar surface area (TPSA) is 80.8 Å². The fraction of sp³-hybridized carbons (Fsp3) is 0.381. The predicted octanol–water partition coefficient (Wildman–Crippen LogP) is 2.69. The molecule has 1 aromatic carbocycles. The fourth-order valence-corrected chi connectivity index (χ4v) is 4.09. The highest BCUT2D eigenvalue weighted by Gasteiger charge is 2.37. The second kappa shape index (κ2) is 7.04. The predicted molar refractivity (Wildman–Crippen MR) is 104 cm³/mol. The van der Waals surface area contributed by atoms with E-state index in [0.717, 1.165) is 29.5 Å². The summed E-state index contributed by atoms with van der Waals surface area (Å²) in [7, 11) is 0. The van der Waals surface area contributed by atoms with E-state index < -0.39 is 6.04 Å². The van der Waals surface area contributed by atoms with E-state index in [-0.39, 0.29) is 18.4 Å². The van der Waals surface area contributed by atoms with Crippen LogP contribution in [0.4, 0.5) is 0 Å². The van der Waals surface area contributed by atoms with Crippen molar-refractivity contribution in [1.29, 1.82) is 0 Å². The first-order valence-electron chi connectivity index (χ1n) is 9.87. The highest BCUT2D eigenvalue weighted by atomic mass is 16.7. The molecule has 8 nitrogen and oxygen atoms in total. The molecule has 0 saturated carbocycles. The van der Waals surface area contributed by atoms with E-state index in [4.69, 9.17) is 9.25 Å². The Balaban J connectivity index is 1.46. The third-order valence-corrected chi connectivity index (χ3v) is 5.65. The molecule has 0 aliphatic carbocycles. The summed E-state index contributed by atoms with van der Waals surface area (Å²) in [4.78, 5) is 33.6. The van der Waals surface area contributed by atoms with E-state index >= 15 is 0 Å². The van der Waals surface area contributed by atoms with Gasteiger partial charge in [-0.1, -0.05) is 18.2 Å². The lowest BCUT2D eigenvalue weighted by Gasteiger charge is -2.36. The molecule has 3 aromatic rings. The minimum Gasteiger partial charge on any atom is -0.451 e. The molecule has 2 aliphatic heterocycles. The van der Waals surface area contributed by atoms with Gasteiger partial charge < -0.3 is 9.32 Å². The highest BCUT2D eigenvalue weighted by molar-refractivity contribution is 5.99. The van der Waals surface area contributed by atoms with Crippen LogP contribution in [0.1, 0.15) is 40.7 Å². The van der Waals surface area contributed by atoms with Gasteiger partial charge in [0, 0.05) is 23.7 Å². The summed E-state index contributed by atoms with van der Waals surface area (Å²) in [5, 5.41) is 6.67. The van der Waals surface area contributed by atoms with Gasteiger partial charge >= 0.3 is 0 Å². The van der Waals surface area contributed by atoms with Gasteiger partial charge in [0.15, 0.2) is 11.8 Å². The largest absolute Gasteiger partial charge is 0.451 e. The fourth-order valence-electron chi connectivity index (χ4n) is 4.09. The summed E-state index contributed by atoms with van der Waals surface area (Å²) in [5.74, 6) is -0.0726. The molecule has 5 rings (SSSR count). The quantitative estimate of drug-likeness (QED) is 0.668. The maximum absolute atomic E-state index is 13.3. The van der Waals surface area contributed by atoms with Crippen molar-refractivity contribution in [1.82, 2.24) is 19.7 Å². The van der Waals surface area contributed by atoms with Crippen LogP contribution in [0.15, 0.2) is 40.9 Å². The number of aryl methyl sites for hydroxylation is 1. The van der Waals surface area contributed by atoms with Crippen LogP contribution < -0.4 is 0 Å². The van der Waals surface area contributed by atoms with Crippen LogP contribution >= 0.6 is 0 Å². The van der Waals surface area contributed by atoms with Crippen LogP contribution in [-0.2, 0) is 16.2 Å². The Kier molecular flexibility index (Phi) is 4.35. The van der Waals surface area contributed by atoms with Gasteiger partial charge in [-0.3, -0.25) is 19.1 Å². The van der Waals surface area contributed by atoms with Crippen molar-refractivity contribution in [2.45, 2.75) is 32.4 Å². The summed E-state index contributed by atoms with van der Waals surface area (Å²) in [6.45, 7) is 3.58. The Labute approximate surface area is 167 Å². The van der Waals surface area contributed by atoms with Crippen molar-refractivity contribution in [3.8, 4) is 0 Å². The number of para-hydroxylation sites is 1. The first-order chi connectivity index (χ1) is 14.1. The molecular formula is C21H22N4O4. The lowest BCUT2D eigenvalue weighted by Crippen LogP contribution is -2.49. The van der Waals surface area contributed by atoms with Crippen molar-refractivity contribution in [2.24, 2.45) is 0 Å². The van der Waals surface area contributed by atoms with Crippen LogP contribution in [0.3, 0.4) is 0 Å². The molecule has 1 fully saturated rings. The monoisotopic (exact) mass is 394 g/mol. The first-order valence-corrected chi connectivity index (χ1v) is 9.87. The van der Waals surface area contributed by atoms with Crippen molar-refractivity contribution in [3.63, 3.8) is 0 Å². The van der Waals surface area contributed by atoms with E-state index in [9.17, 15) is 9.59 Å². The van der Waals surface area contributed by atoms with Crippen molar-refractivity contribution in [3.05, 3.63) is 53.5 Å². The second-order valence-corrected chi connectivity index (χ2v) is 7.50. The Bertz CT molecular complexity index is 1080. The lowest BCUT2D eigenvalue weighted by molar-refractivity contribution is -0.201. The van der Waals surface area contributed by atoms with E-state index in [0.29, 0.717) is 31.0 Å². The molecule has 1 saturated heterocycles. The van der Waals surface area contributed by atoms with E-state index in [1.54, 1.807) is 15.8 Å². The molecule has 29 heavy (non-hydrogen) atoms. The van der Waals surface area contributed by atoms with Crippen molar-refractivity contribution in [2.75, 3.05) is 19.7 Å². The number of nitrogens with zero attached hydrogens (tertiary/aromatic N) is 4. The molecule has 1 unspecified atom stereocenters. The number of carbonyl (C=O) groups is 2. The SMILES string of the molecule is Cc1c(C(=O)N2Cc3ccnn3C(C(=O)N3CCCCO3)C2)oc2ccccc12. The summed E-state index contributed by atoms with van der Waals surface area (Å²) in [6, 6.07) is 8.82. The van der Waals surface area contributed by atoms with Crippen LogP contribution in [0.5, 0.6) is 0 Å². The van der Waals surface area contributed by atoms with E-state index in [1.807, 2.05) is 37.3 Å². The second-order valence-electron chi connectivity index (χ2n) is 7.50. The average molecular weight is 394 g/mol. The molecule has 150 valence electrons. The zero-order chi connectivity index (χ0) is 20.0. The zero-order valence-electron chi connectivity index (χ0n) is 16.2. The summed E-state index contributed by atoms with van der Waals surface area (Å²) >= 11 is 0. The number of hydrogen-bond donors (Lipinski definition) is 0. The van der Waals surface area contributed by atoms with Crippen LogP contribution in [-0.4, -0.2) is 51.3 Å². The van der Waals surface area contributed by atoms with Gasteiger partial charge in [0.2, 0.25) is 0 Å². The standard InChI is InChI=1S/C21H22N4O4/c1-14-16-6-2-3-7-18(16)29-19(14)21(27)23-12-15-8-9-22-25(15)17(13-23)20(26)24-10-4-5-11-28-24/h2-3,6-9,17H,4-5,10-13H2,1H3. The molecule has 2 amide bonds. The first kappa shape index (κ1) is 17.9. The Morgan fingerprint density at radius 1 is 1.17 bits per heavy atom. The lowest BCUT2D eigenvalue weighted by atomic mass is 10.1.